The summed E-state index contributed by atoms with van der Waals surface area (Å²) in [5.74, 6) is 1.50. The van der Waals surface area contributed by atoms with Crippen LogP contribution in [-0.2, 0) is 11.3 Å². The average Bonchev–Trinajstić information content (AvgIpc) is 2.71. The van der Waals surface area contributed by atoms with E-state index >= 15 is 0 Å². The van der Waals surface area contributed by atoms with Gasteiger partial charge in [0.05, 0.1) is 26.3 Å². The van der Waals surface area contributed by atoms with Crippen LogP contribution in [0.3, 0.4) is 0 Å². The van der Waals surface area contributed by atoms with Crippen LogP contribution in [-0.4, -0.2) is 25.1 Å². The maximum absolute atomic E-state index is 13.0. The van der Waals surface area contributed by atoms with E-state index in [1.807, 2.05) is 50.2 Å². The molecule has 0 aliphatic carbocycles. The minimum absolute atomic E-state index is 0.0394. The second-order valence-electron chi connectivity index (χ2n) is 7.36. The van der Waals surface area contributed by atoms with E-state index in [9.17, 15) is 9.59 Å². The van der Waals surface area contributed by atoms with E-state index in [0.717, 1.165) is 5.39 Å². The monoisotopic (exact) mass is 394 g/mol. The number of amides is 1. The summed E-state index contributed by atoms with van der Waals surface area (Å²) in [5, 5.41) is 0.877. The number of fused-ring (bicyclic) bond motifs is 1. The fraction of sp³-hybridized carbons (Fsp3) is 0.304. The molecule has 0 unspecified atom stereocenters. The Hall–Kier alpha value is -3.28. The number of aromatic amines is 1. The van der Waals surface area contributed by atoms with Crippen molar-refractivity contribution in [2.24, 2.45) is 5.92 Å². The lowest BCUT2D eigenvalue weighted by Gasteiger charge is -2.24. The van der Waals surface area contributed by atoms with Crippen molar-refractivity contribution < 1.29 is 14.3 Å². The fourth-order valence-electron chi connectivity index (χ4n) is 3.20. The van der Waals surface area contributed by atoms with Crippen LogP contribution in [0.2, 0.25) is 0 Å². The highest BCUT2D eigenvalue weighted by molar-refractivity contribution is 5.93. The lowest BCUT2D eigenvalue weighted by molar-refractivity contribution is -0.119. The fourth-order valence-corrected chi connectivity index (χ4v) is 3.20. The molecule has 3 aromatic rings. The van der Waals surface area contributed by atoms with Crippen LogP contribution in [0.1, 0.15) is 25.8 Å². The predicted molar refractivity (Wildman–Crippen MR) is 115 cm³/mol. The van der Waals surface area contributed by atoms with Gasteiger partial charge in [-0.2, -0.15) is 0 Å². The Bertz CT molecular complexity index is 1070. The molecule has 6 nitrogen and oxygen atoms in total. The molecular weight excluding hydrogens is 368 g/mol. The SMILES string of the molecule is COc1cccc(N(Cc2cc3ccc(OC)cc3[nH]c2=O)C(=O)CC(C)C)c1. The van der Waals surface area contributed by atoms with Gasteiger partial charge in [-0.05, 0) is 41.6 Å². The maximum atomic E-state index is 13.0. The van der Waals surface area contributed by atoms with Crippen molar-refractivity contribution in [3.63, 3.8) is 0 Å². The van der Waals surface area contributed by atoms with Crippen molar-refractivity contribution in [1.82, 2.24) is 4.98 Å². The molecule has 1 amide bonds. The minimum Gasteiger partial charge on any atom is -0.497 e. The van der Waals surface area contributed by atoms with Crippen LogP contribution < -0.4 is 19.9 Å². The molecule has 0 fully saturated rings. The number of hydrogen-bond acceptors (Lipinski definition) is 4. The Labute approximate surface area is 170 Å². The van der Waals surface area contributed by atoms with Crippen molar-refractivity contribution in [3.05, 3.63) is 64.4 Å². The second-order valence-corrected chi connectivity index (χ2v) is 7.36. The minimum atomic E-state index is -0.226. The largest absolute Gasteiger partial charge is 0.497 e. The highest BCUT2D eigenvalue weighted by Crippen LogP contribution is 2.25. The van der Waals surface area contributed by atoms with Gasteiger partial charge >= 0.3 is 0 Å². The van der Waals surface area contributed by atoms with Gasteiger partial charge < -0.3 is 19.4 Å². The van der Waals surface area contributed by atoms with E-state index in [4.69, 9.17) is 9.47 Å². The molecule has 29 heavy (non-hydrogen) atoms. The molecule has 1 heterocycles. The third-order valence-electron chi connectivity index (χ3n) is 4.71. The summed E-state index contributed by atoms with van der Waals surface area (Å²) in [6.07, 6.45) is 0.389. The van der Waals surface area contributed by atoms with Crippen molar-refractivity contribution in [3.8, 4) is 11.5 Å². The summed E-state index contributed by atoms with van der Waals surface area (Å²) < 4.78 is 10.5. The number of carbonyl (C=O) groups is 1. The Balaban J connectivity index is 2.01. The molecule has 0 saturated heterocycles. The van der Waals surface area contributed by atoms with Crippen LogP contribution >= 0.6 is 0 Å². The van der Waals surface area contributed by atoms with Crippen LogP contribution in [0.5, 0.6) is 11.5 Å². The van der Waals surface area contributed by atoms with Gasteiger partial charge in [0.25, 0.3) is 5.56 Å². The van der Waals surface area contributed by atoms with Gasteiger partial charge in [0.2, 0.25) is 5.91 Å². The van der Waals surface area contributed by atoms with Crippen molar-refractivity contribution >= 4 is 22.5 Å². The molecule has 0 radical (unpaired) electrons. The number of methoxy groups -OCH3 is 2. The van der Waals surface area contributed by atoms with Gasteiger partial charge in [0, 0.05) is 29.8 Å². The Morgan fingerprint density at radius 2 is 1.76 bits per heavy atom. The number of nitrogens with one attached hydrogen (secondary N) is 1. The van der Waals surface area contributed by atoms with E-state index in [1.54, 1.807) is 31.3 Å². The van der Waals surface area contributed by atoms with E-state index in [1.165, 1.54) is 0 Å². The van der Waals surface area contributed by atoms with Gasteiger partial charge in [-0.3, -0.25) is 9.59 Å². The first-order valence-corrected chi connectivity index (χ1v) is 9.55. The number of nitrogens with zero attached hydrogens (tertiary/aromatic N) is 1. The van der Waals surface area contributed by atoms with Gasteiger partial charge in [0.1, 0.15) is 11.5 Å². The zero-order chi connectivity index (χ0) is 21.0. The first-order valence-electron chi connectivity index (χ1n) is 9.55. The number of ether oxygens (including phenoxy) is 2. The van der Waals surface area contributed by atoms with E-state index in [-0.39, 0.29) is 23.9 Å². The number of hydrogen-bond donors (Lipinski definition) is 1. The first-order chi connectivity index (χ1) is 13.9. The van der Waals surface area contributed by atoms with Gasteiger partial charge in [0.15, 0.2) is 0 Å². The molecule has 3 rings (SSSR count). The summed E-state index contributed by atoms with van der Waals surface area (Å²) in [6, 6.07) is 14.6. The number of rotatable bonds is 7. The zero-order valence-corrected chi connectivity index (χ0v) is 17.2. The summed E-state index contributed by atoms with van der Waals surface area (Å²) in [4.78, 5) is 30.2. The molecule has 1 aromatic heterocycles. The molecule has 0 atom stereocenters. The molecule has 0 spiro atoms. The lowest BCUT2D eigenvalue weighted by Crippen LogP contribution is -2.33. The summed E-state index contributed by atoms with van der Waals surface area (Å²) in [5.41, 5.74) is 1.68. The van der Waals surface area contributed by atoms with Crippen LogP contribution in [0.25, 0.3) is 10.9 Å². The quantitative estimate of drug-likeness (QED) is 0.654. The van der Waals surface area contributed by atoms with E-state index < -0.39 is 0 Å². The molecule has 152 valence electrons. The number of carbonyl (C=O) groups excluding carboxylic acids is 1. The third-order valence-corrected chi connectivity index (χ3v) is 4.71. The molecule has 0 bridgehead atoms. The number of H-pyrrole nitrogens is 1. The van der Waals surface area contributed by atoms with Crippen molar-refractivity contribution in [1.29, 1.82) is 0 Å². The number of aromatic nitrogens is 1. The Kier molecular flexibility index (Phi) is 6.22. The van der Waals surface area contributed by atoms with Crippen LogP contribution in [0, 0.1) is 5.92 Å². The zero-order valence-electron chi connectivity index (χ0n) is 17.2. The summed E-state index contributed by atoms with van der Waals surface area (Å²) in [7, 11) is 3.17. The van der Waals surface area contributed by atoms with E-state index in [2.05, 4.69) is 4.98 Å². The molecule has 0 aliphatic rings. The average molecular weight is 394 g/mol. The van der Waals surface area contributed by atoms with Gasteiger partial charge in [-0.1, -0.05) is 19.9 Å². The highest BCUT2D eigenvalue weighted by Gasteiger charge is 2.19. The molecular formula is C23H26N2O4. The standard InChI is InChI=1S/C23H26N2O4/c1-15(2)10-22(26)25(18-6-5-7-19(12-18)28-3)14-17-11-16-8-9-20(29-4)13-21(16)24-23(17)27/h5-9,11-13,15H,10,14H2,1-4H3,(H,24,27). The molecule has 2 aromatic carbocycles. The van der Waals surface area contributed by atoms with Crippen LogP contribution in [0.4, 0.5) is 5.69 Å². The molecule has 0 saturated carbocycles. The summed E-state index contributed by atoms with van der Waals surface area (Å²) in [6.45, 7) is 4.17. The van der Waals surface area contributed by atoms with E-state index in [0.29, 0.717) is 34.7 Å². The Morgan fingerprint density at radius 1 is 1.03 bits per heavy atom. The lowest BCUT2D eigenvalue weighted by atomic mass is 10.1. The molecule has 1 N–H and O–H groups in total. The topological polar surface area (TPSA) is 71.6 Å². The first kappa shape index (κ1) is 20.5. The third kappa shape index (κ3) is 4.77. The van der Waals surface area contributed by atoms with Crippen molar-refractivity contribution in [2.45, 2.75) is 26.8 Å². The second kappa shape index (κ2) is 8.82. The number of anilines is 1. The highest BCUT2D eigenvalue weighted by atomic mass is 16.5. The van der Waals surface area contributed by atoms with Gasteiger partial charge in [-0.15, -0.1) is 0 Å². The molecule has 0 aliphatic heterocycles. The van der Waals surface area contributed by atoms with Crippen molar-refractivity contribution in [2.75, 3.05) is 19.1 Å². The van der Waals surface area contributed by atoms with Crippen LogP contribution in [0.15, 0.2) is 53.3 Å². The Morgan fingerprint density at radius 3 is 2.45 bits per heavy atom. The molecule has 6 heteroatoms. The number of benzene rings is 2. The maximum Gasteiger partial charge on any atom is 0.253 e. The smallest absolute Gasteiger partial charge is 0.253 e. The number of pyridine rings is 1. The normalized spacial score (nSPS) is 10.9. The summed E-state index contributed by atoms with van der Waals surface area (Å²) >= 11 is 0. The van der Waals surface area contributed by atoms with Gasteiger partial charge in [-0.25, -0.2) is 0 Å². The predicted octanol–water partition coefficient (Wildman–Crippen LogP) is 4.12.